The van der Waals surface area contributed by atoms with Crippen LogP contribution >= 0.6 is 6.72 Å². The third-order valence-electron chi connectivity index (χ3n) is 4.26. The van der Waals surface area contributed by atoms with E-state index in [9.17, 15) is 0 Å². The standard InChI is InChI=1S/C18H39O3PS.H3N/c1-2-3-4-5-6-7-8-9-10-11-12-13-14-15-16-17-18-21-22(19,20)23;/h2-18H2,1H3,(H2,19,20,23);1H3. The second kappa shape index (κ2) is 19.8. The van der Waals surface area contributed by atoms with E-state index in [0.717, 1.165) is 12.8 Å². The molecule has 148 valence electrons. The molecule has 24 heavy (non-hydrogen) atoms. The van der Waals surface area contributed by atoms with Crippen molar-refractivity contribution in [2.75, 3.05) is 6.61 Å². The summed E-state index contributed by atoms with van der Waals surface area (Å²) in [6, 6.07) is 0. The van der Waals surface area contributed by atoms with Crippen LogP contribution in [-0.4, -0.2) is 16.4 Å². The van der Waals surface area contributed by atoms with E-state index in [1.807, 2.05) is 0 Å². The molecule has 0 heterocycles. The van der Waals surface area contributed by atoms with Gasteiger partial charge in [0.05, 0.1) is 6.61 Å². The van der Waals surface area contributed by atoms with Crippen LogP contribution in [0.25, 0.3) is 0 Å². The highest BCUT2D eigenvalue weighted by molar-refractivity contribution is 8.06. The van der Waals surface area contributed by atoms with Crippen LogP contribution in [0.5, 0.6) is 0 Å². The molecule has 0 saturated carbocycles. The van der Waals surface area contributed by atoms with Gasteiger partial charge in [-0.3, -0.25) is 0 Å². The predicted molar refractivity (Wildman–Crippen MR) is 109 cm³/mol. The average Bonchev–Trinajstić information content (AvgIpc) is 2.49. The van der Waals surface area contributed by atoms with Crippen molar-refractivity contribution in [3.63, 3.8) is 0 Å². The molecule has 0 aliphatic heterocycles. The Morgan fingerprint density at radius 1 is 0.625 bits per heavy atom. The molecular formula is C18H42NO3PS. The molecule has 4 nitrogen and oxygen atoms in total. The highest BCUT2D eigenvalue weighted by Gasteiger charge is 2.06. The molecular weight excluding hydrogens is 341 g/mol. The number of unbranched alkanes of at least 4 members (excludes halogenated alkanes) is 15. The maximum Gasteiger partial charge on any atom is 0.321 e. The molecule has 0 aromatic heterocycles. The van der Waals surface area contributed by atoms with Gasteiger partial charge in [-0.1, -0.05) is 103 Å². The van der Waals surface area contributed by atoms with E-state index in [2.05, 4.69) is 18.7 Å². The monoisotopic (exact) mass is 383 g/mol. The van der Waals surface area contributed by atoms with Gasteiger partial charge in [0.25, 0.3) is 0 Å². The Labute approximate surface area is 155 Å². The van der Waals surface area contributed by atoms with E-state index in [0.29, 0.717) is 6.61 Å². The first-order chi connectivity index (χ1) is 11.1. The van der Waals surface area contributed by atoms with E-state index in [4.69, 9.17) is 14.3 Å². The van der Waals surface area contributed by atoms with Gasteiger partial charge in [-0.25, -0.2) is 0 Å². The lowest BCUT2D eigenvalue weighted by Crippen LogP contribution is -1.92. The van der Waals surface area contributed by atoms with Gasteiger partial charge < -0.3 is 20.5 Å². The fourth-order valence-electron chi connectivity index (χ4n) is 2.83. The Morgan fingerprint density at radius 3 is 1.21 bits per heavy atom. The van der Waals surface area contributed by atoms with Crippen molar-refractivity contribution in [3.8, 4) is 0 Å². The Bertz CT molecular complexity index is 287. The number of hydrogen-bond acceptors (Lipinski definition) is 3. The molecule has 0 fully saturated rings. The topological polar surface area (TPSA) is 84.7 Å². The van der Waals surface area contributed by atoms with Crippen LogP contribution in [0.15, 0.2) is 0 Å². The van der Waals surface area contributed by atoms with Gasteiger partial charge in [-0.05, 0) is 18.2 Å². The summed E-state index contributed by atoms with van der Waals surface area (Å²) < 4.78 is 4.79. The highest BCUT2D eigenvalue weighted by Crippen LogP contribution is 2.36. The lowest BCUT2D eigenvalue weighted by molar-refractivity contribution is 0.245. The fraction of sp³-hybridized carbons (Fsp3) is 1.00. The lowest BCUT2D eigenvalue weighted by atomic mass is 10.0. The summed E-state index contributed by atoms with van der Waals surface area (Å²) in [5, 5.41) is 0. The summed E-state index contributed by atoms with van der Waals surface area (Å²) in [6.07, 6.45) is 21.3. The highest BCUT2D eigenvalue weighted by atomic mass is 32.5. The van der Waals surface area contributed by atoms with E-state index in [1.54, 1.807) is 0 Å². The summed E-state index contributed by atoms with van der Waals surface area (Å²) in [5.41, 5.74) is 0. The SMILES string of the molecule is CCCCCCCCCCCCCCCCCCOP(O)(O)=S.N. The van der Waals surface area contributed by atoms with Crippen LogP contribution in [0.1, 0.15) is 110 Å². The molecule has 0 amide bonds. The van der Waals surface area contributed by atoms with E-state index < -0.39 is 6.72 Å². The first kappa shape index (κ1) is 26.7. The van der Waals surface area contributed by atoms with Crippen molar-refractivity contribution in [2.45, 2.75) is 110 Å². The minimum Gasteiger partial charge on any atom is -0.344 e. The zero-order valence-electron chi connectivity index (χ0n) is 15.9. The molecule has 0 rings (SSSR count). The molecule has 0 bridgehead atoms. The number of hydrogen-bond donors (Lipinski definition) is 3. The Hall–Kier alpha value is 0.490. The van der Waals surface area contributed by atoms with Crippen molar-refractivity contribution in [2.24, 2.45) is 0 Å². The van der Waals surface area contributed by atoms with Crippen LogP contribution in [0.4, 0.5) is 0 Å². The Morgan fingerprint density at radius 2 is 0.917 bits per heavy atom. The minimum absolute atomic E-state index is 0. The third-order valence-corrected chi connectivity index (χ3v) is 5.09. The molecule has 0 unspecified atom stereocenters. The summed E-state index contributed by atoms with van der Waals surface area (Å²) in [4.78, 5) is 17.8. The summed E-state index contributed by atoms with van der Waals surface area (Å²) in [5.74, 6) is 0. The van der Waals surface area contributed by atoms with Gasteiger partial charge in [0, 0.05) is 0 Å². The van der Waals surface area contributed by atoms with Gasteiger partial charge in [0.15, 0.2) is 0 Å². The van der Waals surface area contributed by atoms with Crippen molar-refractivity contribution in [1.29, 1.82) is 0 Å². The van der Waals surface area contributed by atoms with E-state index in [1.165, 1.54) is 89.9 Å². The molecule has 6 heteroatoms. The summed E-state index contributed by atoms with van der Waals surface area (Å²) in [6.45, 7) is -0.772. The van der Waals surface area contributed by atoms with Crippen molar-refractivity contribution < 1.29 is 14.3 Å². The molecule has 0 saturated heterocycles. The van der Waals surface area contributed by atoms with Crippen molar-refractivity contribution in [1.82, 2.24) is 6.15 Å². The van der Waals surface area contributed by atoms with Crippen LogP contribution in [0, 0.1) is 0 Å². The first-order valence-electron chi connectivity index (χ1n) is 9.76. The van der Waals surface area contributed by atoms with Crippen LogP contribution in [0.3, 0.4) is 0 Å². The summed E-state index contributed by atoms with van der Waals surface area (Å²) in [7, 11) is 0. The maximum atomic E-state index is 8.90. The average molecular weight is 384 g/mol. The first-order valence-corrected chi connectivity index (χ1v) is 12.4. The van der Waals surface area contributed by atoms with Crippen LogP contribution in [0.2, 0.25) is 0 Å². The van der Waals surface area contributed by atoms with Crippen molar-refractivity contribution in [3.05, 3.63) is 0 Å². The zero-order chi connectivity index (χ0) is 17.2. The molecule has 0 aliphatic rings. The van der Waals surface area contributed by atoms with Gasteiger partial charge in [0.2, 0.25) is 0 Å². The van der Waals surface area contributed by atoms with Crippen LogP contribution in [-0.2, 0) is 16.3 Å². The molecule has 5 N–H and O–H groups in total. The second-order valence-electron chi connectivity index (χ2n) is 6.63. The normalized spacial score (nSPS) is 11.5. The predicted octanol–water partition coefficient (Wildman–Crippen LogP) is 6.64. The maximum absolute atomic E-state index is 8.90. The fourth-order valence-corrected chi connectivity index (χ4v) is 3.42. The lowest BCUT2D eigenvalue weighted by Gasteiger charge is -2.07. The minimum atomic E-state index is -3.42. The van der Waals surface area contributed by atoms with E-state index in [-0.39, 0.29) is 6.15 Å². The third kappa shape index (κ3) is 24.7. The smallest absolute Gasteiger partial charge is 0.321 e. The Balaban J connectivity index is 0. The van der Waals surface area contributed by atoms with Gasteiger partial charge in [0.1, 0.15) is 0 Å². The largest absolute Gasteiger partial charge is 0.344 e. The summed E-state index contributed by atoms with van der Waals surface area (Å²) >= 11 is 4.40. The van der Waals surface area contributed by atoms with Gasteiger partial charge in [-0.15, -0.1) is 0 Å². The quantitative estimate of drug-likeness (QED) is 0.182. The molecule has 0 atom stereocenters. The number of rotatable bonds is 18. The van der Waals surface area contributed by atoms with E-state index >= 15 is 0 Å². The zero-order valence-corrected chi connectivity index (χ0v) is 17.6. The molecule has 0 aromatic carbocycles. The van der Waals surface area contributed by atoms with Crippen LogP contribution < -0.4 is 6.15 Å². The molecule has 0 radical (unpaired) electrons. The molecule has 0 aliphatic carbocycles. The molecule has 0 aromatic rings. The van der Waals surface area contributed by atoms with Crippen molar-refractivity contribution >= 4 is 18.5 Å². The van der Waals surface area contributed by atoms with Gasteiger partial charge in [-0.2, -0.15) is 0 Å². The molecule has 0 spiro atoms. The second-order valence-corrected chi connectivity index (χ2v) is 9.29. The Kier molecular flexibility index (Phi) is 22.1. The van der Waals surface area contributed by atoms with Gasteiger partial charge >= 0.3 is 6.72 Å².